The van der Waals surface area contributed by atoms with E-state index in [4.69, 9.17) is 22.1 Å². The van der Waals surface area contributed by atoms with Crippen LogP contribution < -0.4 is 11.1 Å². The van der Waals surface area contributed by atoms with E-state index in [-0.39, 0.29) is 5.91 Å². The number of nitrogen functional groups attached to an aromatic ring is 1. The number of amides is 1. The van der Waals surface area contributed by atoms with E-state index in [0.717, 1.165) is 6.61 Å². The van der Waals surface area contributed by atoms with Gasteiger partial charge in [-0.1, -0.05) is 24.4 Å². The van der Waals surface area contributed by atoms with Crippen LogP contribution in [-0.2, 0) is 9.53 Å². The van der Waals surface area contributed by atoms with Gasteiger partial charge in [0.05, 0.1) is 23.7 Å². The summed E-state index contributed by atoms with van der Waals surface area (Å²) < 4.78 is 5.56. The molecule has 5 heteroatoms. The van der Waals surface area contributed by atoms with Crippen molar-refractivity contribution >= 4 is 28.9 Å². The molecule has 1 fully saturated rings. The first-order chi connectivity index (χ1) is 9.65. The molecule has 1 saturated carbocycles. The van der Waals surface area contributed by atoms with Crippen molar-refractivity contribution in [1.82, 2.24) is 0 Å². The fourth-order valence-corrected chi connectivity index (χ4v) is 2.67. The average Bonchev–Trinajstić information content (AvgIpc) is 2.91. The van der Waals surface area contributed by atoms with Crippen LogP contribution in [0, 0.1) is 5.92 Å². The summed E-state index contributed by atoms with van der Waals surface area (Å²) in [6.07, 6.45) is 5.47. The van der Waals surface area contributed by atoms with Crippen LogP contribution in [0.2, 0.25) is 5.02 Å². The van der Waals surface area contributed by atoms with Crippen molar-refractivity contribution in [3.8, 4) is 0 Å². The number of benzene rings is 1. The molecule has 2 rings (SSSR count). The predicted molar refractivity (Wildman–Crippen MR) is 81.9 cm³/mol. The second kappa shape index (κ2) is 7.50. The van der Waals surface area contributed by atoms with Gasteiger partial charge in [0.15, 0.2) is 0 Å². The molecule has 1 aliphatic rings. The monoisotopic (exact) mass is 296 g/mol. The van der Waals surface area contributed by atoms with Crippen LogP contribution in [0.1, 0.15) is 32.1 Å². The van der Waals surface area contributed by atoms with Crippen molar-refractivity contribution < 1.29 is 9.53 Å². The van der Waals surface area contributed by atoms with Gasteiger partial charge in [0.25, 0.3) is 0 Å². The summed E-state index contributed by atoms with van der Waals surface area (Å²) in [5, 5.41) is 3.21. The van der Waals surface area contributed by atoms with E-state index in [0.29, 0.717) is 35.3 Å². The van der Waals surface area contributed by atoms with Gasteiger partial charge >= 0.3 is 0 Å². The SMILES string of the molecule is Nc1ccc(NC(=O)CCOCC2CCCC2)c(Cl)c1. The zero-order valence-electron chi connectivity index (χ0n) is 11.5. The van der Waals surface area contributed by atoms with Crippen molar-refractivity contribution in [2.24, 2.45) is 5.92 Å². The highest BCUT2D eigenvalue weighted by atomic mass is 35.5. The Labute approximate surface area is 124 Å². The maximum atomic E-state index is 11.8. The number of nitrogens with two attached hydrogens (primary N) is 1. The number of hydrogen-bond acceptors (Lipinski definition) is 3. The molecule has 0 heterocycles. The molecule has 0 radical (unpaired) electrons. The molecule has 0 saturated heterocycles. The highest BCUT2D eigenvalue weighted by Gasteiger charge is 2.15. The van der Waals surface area contributed by atoms with Crippen LogP contribution in [0.3, 0.4) is 0 Å². The molecule has 4 nitrogen and oxygen atoms in total. The third-order valence-electron chi connectivity index (χ3n) is 3.57. The normalized spacial score (nSPS) is 15.4. The van der Waals surface area contributed by atoms with Crippen LogP contribution in [0.5, 0.6) is 0 Å². The first-order valence-corrected chi connectivity index (χ1v) is 7.45. The van der Waals surface area contributed by atoms with Gasteiger partial charge in [-0.3, -0.25) is 4.79 Å². The van der Waals surface area contributed by atoms with E-state index in [2.05, 4.69) is 5.32 Å². The van der Waals surface area contributed by atoms with Crippen LogP contribution in [-0.4, -0.2) is 19.1 Å². The molecular formula is C15H21ClN2O2. The lowest BCUT2D eigenvalue weighted by molar-refractivity contribution is -0.117. The lowest BCUT2D eigenvalue weighted by Gasteiger charge is -2.10. The van der Waals surface area contributed by atoms with Crippen LogP contribution in [0.25, 0.3) is 0 Å². The minimum Gasteiger partial charge on any atom is -0.399 e. The minimum absolute atomic E-state index is 0.0944. The molecule has 0 bridgehead atoms. The molecule has 20 heavy (non-hydrogen) atoms. The molecular weight excluding hydrogens is 276 g/mol. The van der Waals surface area contributed by atoms with Gasteiger partial charge in [-0.2, -0.15) is 0 Å². The molecule has 0 spiro atoms. The van der Waals surface area contributed by atoms with Crippen molar-refractivity contribution in [3.05, 3.63) is 23.2 Å². The van der Waals surface area contributed by atoms with E-state index >= 15 is 0 Å². The van der Waals surface area contributed by atoms with Gasteiger partial charge in [0.1, 0.15) is 0 Å². The topological polar surface area (TPSA) is 64.3 Å². The third-order valence-corrected chi connectivity index (χ3v) is 3.88. The van der Waals surface area contributed by atoms with Gasteiger partial charge in [0.2, 0.25) is 5.91 Å². The van der Waals surface area contributed by atoms with Crippen LogP contribution in [0.15, 0.2) is 18.2 Å². The lowest BCUT2D eigenvalue weighted by Crippen LogP contribution is -2.16. The summed E-state index contributed by atoms with van der Waals surface area (Å²) in [7, 11) is 0. The third kappa shape index (κ3) is 4.69. The smallest absolute Gasteiger partial charge is 0.226 e. The number of carbonyl (C=O) groups is 1. The molecule has 1 aromatic rings. The van der Waals surface area contributed by atoms with E-state index in [1.807, 2.05) is 0 Å². The largest absolute Gasteiger partial charge is 0.399 e. The quantitative estimate of drug-likeness (QED) is 0.624. The predicted octanol–water partition coefficient (Wildman–Crippen LogP) is 3.46. The zero-order valence-corrected chi connectivity index (χ0v) is 12.3. The second-order valence-corrected chi connectivity index (χ2v) is 5.67. The van der Waals surface area contributed by atoms with E-state index < -0.39 is 0 Å². The Bertz CT molecular complexity index is 459. The summed E-state index contributed by atoms with van der Waals surface area (Å²) in [4.78, 5) is 11.8. The number of carbonyl (C=O) groups excluding carboxylic acids is 1. The van der Waals surface area contributed by atoms with Crippen molar-refractivity contribution in [3.63, 3.8) is 0 Å². The fraction of sp³-hybridized carbons (Fsp3) is 0.533. The maximum absolute atomic E-state index is 11.8. The molecule has 1 aliphatic carbocycles. The lowest BCUT2D eigenvalue weighted by atomic mass is 10.1. The maximum Gasteiger partial charge on any atom is 0.226 e. The van der Waals surface area contributed by atoms with Gasteiger partial charge in [-0.05, 0) is 37.0 Å². The Morgan fingerprint density at radius 1 is 1.40 bits per heavy atom. The van der Waals surface area contributed by atoms with Crippen LogP contribution >= 0.6 is 11.6 Å². The molecule has 0 unspecified atom stereocenters. The van der Waals surface area contributed by atoms with Gasteiger partial charge in [0, 0.05) is 12.3 Å². The minimum atomic E-state index is -0.0944. The molecule has 1 aromatic carbocycles. The Kier molecular flexibility index (Phi) is 5.68. The Hall–Kier alpha value is -1.26. The highest BCUT2D eigenvalue weighted by Crippen LogP contribution is 2.25. The van der Waals surface area contributed by atoms with Gasteiger partial charge < -0.3 is 15.8 Å². The molecule has 0 aliphatic heterocycles. The number of halogens is 1. The van der Waals surface area contributed by atoms with Crippen molar-refractivity contribution in [1.29, 1.82) is 0 Å². The van der Waals surface area contributed by atoms with Crippen LogP contribution in [0.4, 0.5) is 11.4 Å². The number of anilines is 2. The van der Waals surface area contributed by atoms with E-state index in [1.165, 1.54) is 25.7 Å². The molecule has 1 amide bonds. The molecule has 110 valence electrons. The Morgan fingerprint density at radius 3 is 2.85 bits per heavy atom. The molecule has 3 N–H and O–H groups in total. The summed E-state index contributed by atoms with van der Waals surface area (Å²) in [6.45, 7) is 1.23. The van der Waals surface area contributed by atoms with E-state index in [9.17, 15) is 4.79 Å². The van der Waals surface area contributed by atoms with Gasteiger partial charge in [-0.25, -0.2) is 0 Å². The number of rotatable bonds is 6. The molecule has 0 aromatic heterocycles. The summed E-state index contributed by atoms with van der Waals surface area (Å²) in [5.74, 6) is 0.590. The standard InChI is InChI=1S/C15H21ClN2O2/c16-13-9-12(17)5-6-14(13)18-15(19)7-8-20-10-11-3-1-2-4-11/h5-6,9,11H,1-4,7-8,10,17H2,(H,18,19). The highest BCUT2D eigenvalue weighted by molar-refractivity contribution is 6.34. The summed E-state index contributed by atoms with van der Waals surface area (Å²) >= 11 is 6.00. The summed E-state index contributed by atoms with van der Waals surface area (Å²) in [5.41, 5.74) is 6.76. The first kappa shape index (κ1) is 15.1. The average molecular weight is 297 g/mol. The van der Waals surface area contributed by atoms with Crippen molar-refractivity contribution in [2.75, 3.05) is 24.3 Å². The second-order valence-electron chi connectivity index (χ2n) is 5.26. The van der Waals surface area contributed by atoms with E-state index in [1.54, 1.807) is 18.2 Å². The molecule has 0 atom stereocenters. The number of nitrogens with one attached hydrogen (secondary N) is 1. The van der Waals surface area contributed by atoms with Crippen molar-refractivity contribution in [2.45, 2.75) is 32.1 Å². The number of ether oxygens (including phenoxy) is 1. The Morgan fingerprint density at radius 2 is 2.15 bits per heavy atom. The fourth-order valence-electron chi connectivity index (χ4n) is 2.44. The van der Waals surface area contributed by atoms with Gasteiger partial charge in [-0.15, -0.1) is 0 Å². The summed E-state index contributed by atoms with van der Waals surface area (Å²) in [6, 6.07) is 5.03. The first-order valence-electron chi connectivity index (χ1n) is 7.08. The Balaban J connectivity index is 1.67. The zero-order chi connectivity index (χ0) is 14.4. The number of hydrogen-bond donors (Lipinski definition) is 2.